The number of nitrogens with one attached hydrogen (secondary N) is 1. The standard InChI is InChI=1S/C20H27N3O2/c1-2-17-6-8-19(9-7-17)25-16-18(24)15-22-11-13-23(14-12-22)20-5-3-4-10-21-20/h3-10,18,24H,2,11-16H2,1H3/p+1/t18-/m1/s1. The summed E-state index contributed by atoms with van der Waals surface area (Å²) in [6.45, 7) is 6.95. The Balaban J connectivity index is 1.39. The van der Waals surface area contributed by atoms with Crippen LogP contribution in [0.1, 0.15) is 12.5 Å². The molecule has 1 aromatic carbocycles. The predicted octanol–water partition coefficient (Wildman–Crippen LogP) is 1.62. The highest BCUT2D eigenvalue weighted by Crippen LogP contribution is 2.14. The molecule has 25 heavy (non-hydrogen) atoms. The zero-order valence-corrected chi connectivity index (χ0v) is 14.9. The van der Waals surface area contributed by atoms with Gasteiger partial charge in [-0.15, -0.1) is 0 Å². The molecule has 5 heteroatoms. The van der Waals surface area contributed by atoms with Gasteiger partial charge in [0.2, 0.25) is 0 Å². The van der Waals surface area contributed by atoms with Gasteiger partial charge in [0.15, 0.2) is 0 Å². The van der Waals surface area contributed by atoms with Gasteiger partial charge in [-0.2, -0.15) is 0 Å². The van der Waals surface area contributed by atoms with E-state index in [-0.39, 0.29) is 0 Å². The molecule has 1 fully saturated rings. The average molecular weight is 342 g/mol. The Morgan fingerprint density at radius 1 is 1.08 bits per heavy atom. The normalized spacial score (nSPS) is 16.6. The molecule has 2 N–H and O–H groups in total. The van der Waals surface area contributed by atoms with Gasteiger partial charge in [-0.25, -0.2) is 4.98 Å². The van der Waals surface area contributed by atoms with Crippen molar-refractivity contribution in [1.29, 1.82) is 0 Å². The van der Waals surface area contributed by atoms with E-state index in [4.69, 9.17) is 4.74 Å². The van der Waals surface area contributed by atoms with Gasteiger partial charge in [-0.1, -0.05) is 25.1 Å². The number of benzene rings is 1. The molecule has 0 bridgehead atoms. The van der Waals surface area contributed by atoms with Gasteiger partial charge in [-0.05, 0) is 30.2 Å². The molecule has 1 saturated heterocycles. The molecular formula is C20H28N3O2+. The Morgan fingerprint density at radius 2 is 1.84 bits per heavy atom. The van der Waals surface area contributed by atoms with E-state index in [2.05, 4.69) is 39.9 Å². The van der Waals surface area contributed by atoms with Gasteiger partial charge < -0.3 is 9.84 Å². The number of aliphatic hydroxyl groups excluding tert-OH is 1. The number of nitrogens with zero attached hydrogens (tertiary/aromatic N) is 2. The molecule has 0 saturated carbocycles. The van der Waals surface area contributed by atoms with Gasteiger partial charge in [0.05, 0.1) is 19.3 Å². The smallest absolute Gasteiger partial charge is 0.274 e. The van der Waals surface area contributed by atoms with Gasteiger partial charge in [-0.3, -0.25) is 9.80 Å². The van der Waals surface area contributed by atoms with E-state index >= 15 is 0 Å². The van der Waals surface area contributed by atoms with Crippen LogP contribution < -0.4 is 14.6 Å². The fraction of sp³-hybridized carbons (Fsp3) is 0.450. The van der Waals surface area contributed by atoms with E-state index in [1.165, 1.54) is 5.56 Å². The number of piperazine rings is 1. The van der Waals surface area contributed by atoms with E-state index in [1.807, 2.05) is 30.5 Å². The molecule has 2 heterocycles. The molecule has 0 unspecified atom stereocenters. The number of hydrogen-bond acceptors (Lipinski definition) is 4. The summed E-state index contributed by atoms with van der Waals surface area (Å²) in [7, 11) is 0. The maximum Gasteiger partial charge on any atom is 0.274 e. The minimum atomic E-state index is -0.472. The highest BCUT2D eigenvalue weighted by atomic mass is 16.5. The first-order chi connectivity index (χ1) is 12.2. The number of pyridine rings is 1. The Morgan fingerprint density at radius 3 is 2.48 bits per heavy atom. The molecule has 1 atom stereocenters. The molecule has 134 valence electrons. The summed E-state index contributed by atoms with van der Waals surface area (Å²) in [5.41, 5.74) is 1.29. The SMILES string of the molecule is CCc1ccc(OC[C@H](O)CN2CCN(c3cccc[nH+]3)CC2)cc1. The van der Waals surface area contributed by atoms with Crippen LogP contribution in [0, 0.1) is 0 Å². The largest absolute Gasteiger partial charge is 0.491 e. The van der Waals surface area contributed by atoms with Gasteiger partial charge in [0.1, 0.15) is 18.5 Å². The van der Waals surface area contributed by atoms with Crippen LogP contribution in [0.25, 0.3) is 0 Å². The van der Waals surface area contributed by atoms with Crippen molar-refractivity contribution >= 4 is 5.82 Å². The van der Waals surface area contributed by atoms with E-state index in [1.54, 1.807) is 0 Å². The third-order valence-electron chi connectivity index (χ3n) is 4.65. The molecule has 1 aliphatic heterocycles. The lowest BCUT2D eigenvalue weighted by Gasteiger charge is -2.32. The lowest BCUT2D eigenvalue weighted by Crippen LogP contribution is -2.50. The number of hydrogen-bond donors (Lipinski definition) is 1. The van der Waals surface area contributed by atoms with Crippen molar-refractivity contribution in [3.8, 4) is 5.75 Å². The highest BCUT2D eigenvalue weighted by Gasteiger charge is 2.24. The second kappa shape index (κ2) is 8.83. The quantitative estimate of drug-likeness (QED) is 0.831. The molecule has 0 radical (unpaired) electrons. The first kappa shape index (κ1) is 17.7. The Bertz CT molecular complexity index is 625. The van der Waals surface area contributed by atoms with Crippen molar-refractivity contribution in [3.05, 3.63) is 54.2 Å². The van der Waals surface area contributed by atoms with E-state index in [0.717, 1.165) is 44.2 Å². The van der Waals surface area contributed by atoms with Crippen molar-refractivity contribution in [3.63, 3.8) is 0 Å². The summed E-state index contributed by atoms with van der Waals surface area (Å²) in [6.07, 6.45) is 2.51. The van der Waals surface area contributed by atoms with Crippen LogP contribution in [0.2, 0.25) is 0 Å². The molecule has 5 nitrogen and oxygen atoms in total. The molecule has 0 amide bonds. The first-order valence-electron chi connectivity index (χ1n) is 9.08. The molecule has 2 aromatic rings. The number of aromatic amines is 1. The number of aromatic nitrogens is 1. The lowest BCUT2D eigenvalue weighted by atomic mass is 10.2. The van der Waals surface area contributed by atoms with Gasteiger partial charge in [0, 0.05) is 25.7 Å². The Labute approximate surface area is 149 Å². The third-order valence-corrected chi connectivity index (χ3v) is 4.65. The fourth-order valence-electron chi connectivity index (χ4n) is 3.12. The van der Waals surface area contributed by atoms with Crippen molar-refractivity contribution in [2.24, 2.45) is 0 Å². The average Bonchev–Trinajstić information content (AvgIpc) is 2.68. The van der Waals surface area contributed by atoms with Crippen LogP contribution in [-0.4, -0.2) is 55.4 Å². The molecular weight excluding hydrogens is 314 g/mol. The van der Waals surface area contributed by atoms with Crippen molar-refractivity contribution in [2.75, 3.05) is 44.2 Å². The zero-order chi connectivity index (χ0) is 17.5. The number of β-amino-alcohol motifs (C(OH)–C–C–N with tert-alkyl or cyclic N) is 1. The molecule has 1 aliphatic rings. The summed E-state index contributed by atoms with van der Waals surface area (Å²) in [4.78, 5) is 7.92. The number of aliphatic hydroxyl groups is 1. The number of aryl methyl sites for hydroxylation is 1. The van der Waals surface area contributed by atoms with E-state index in [9.17, 15) is 5.11 Å². The van der Waals surface area contributed by atoms with Gasteiger partial charge in [0.25, 0.3) is 5.82 Å². The number of anilines is 1. The van der Waals surface area contributed by atoms with Crippen molar-refractivity contribution in [1.82, 2.24) is 4.90 Å². The van der Waals surface area contributed by atoms with Crippen LogP contribution in [0.15, 0.2) is 48.7 Å². The van der Waals surface area contributed by atoms with E-state index < -0.39 is 6.10 Å². The lowest BCUT2D eigenvalue weighted by molar-refractivity contribution is -0.364. The fourth-order valence-corrected chi connectivity index (χ4v) is 3.12. The maximum atomic E-state index is 10.3. The number of H-pyrrole nitrogens is 1. The van der Waals surface area contributed by atoms with E-state index in [0.29, 0.717) is 13.2 Å². The second-order valence-corrected chi connectivity index (χ2v) is 6.50. The maximum absolute atomic E-state index is 10.3. The molecule has 3 rings (SSSR count). The van der Waals surface area contributed by atoms with Crippen LogP contribution in [0.5, 0.6) is 5.75 Å². The Hall–Kier alpha value is -2.11. The van der Waals surface area contributed by atoms with Crippen LogP contribution >= 0.6 is 0 Å². The van der Waals surface area contributed by atoms with Crippen LogP contribution in [-0.2, 0) is 6.42 Å². The summed E-state index contributed by atoms with van der Waals surface area (Å²) < 4.78 is 5.71. The third kappa shape index (κ3) is 5.18. The van der Waals surface area contributed by atoms with Gasteiger partial charge >= 0.3 is 0 Å². The minimum Gasteiger partial charge on any atom is -0.491 e. The second-order valence-electron chi connectivity index (χ2n) is 6.50. The molecule has 1 aromatic heterocycles. The number of ether oxygens (including phenoxy) is 1. The van der Waals surface area contributed by atoms with Crippen LogP contribution in [0.3, 0.4) is 0 Å². The van der Waals surface area contributed by atoms with Crippen molar-refractivity contribution < 1.29 is 14.8 Å². The number of rotatable bonds is 7. The highest BCUT2D eigenvalue weighted by molar-refractivity contribution is 5.32. The summed E-state index contributed by atoms with van der Waals surface area (Å²) >= 11 is 0. The summed E-state index contributed by atoms with van der Waals surface area (Å²) in [5.74, 6) is 1.97. The molecule has 0 aliphatic carbocycles. The first-order valence-corrected chi connectivity index (χ1v) is 9.08. The predicted molar refractivity (Wildman–Crippen MR) is 99.0 cm³/mol. The topological polar surface area (TPSA) is 50.1 Å². The van der Waals surface area contributed by atoms with Crippen molar-refractivity contribution in [2.45, 2.75) is 19.4 Å². The Kier molecular flexibility index (Phi) is 6.25. The minimum absolute atomic E-state index is 0.331. The zero-order valence-electron chi connectivity index (χ0n) is 14.9. The van der Waals surface area contributed by atoms with Crippen LogP contribution in [0.4, 0.5) is 5.82 Å². The molecule has 0 spiro atoms. The monoisotopic (exact) mass is 342 g/mol. The summed E-state index contributed by atoms with van der Waals surface area (Å²) in [5, 5.41) is 10.3. The summed E-state index contributed by atoms with van der Waals surface area (Å²) in [6, 6.07) is 14.2.